The number of carbonyl (C=O) groups excluding carboxylic acids is 1. The van der Waals surface area contributed by atoms with E-state index >= 15 is 0 Å². The molecule has 108 valence electrons. The molecule has 1 aromatic rings. The zero-order valence-corrected chi connectivity index (χ0v) is 12.6. The smallest absolute Gasteiger partial charge is 0.256 e. The van der Waals surface area contributed by atoms with E-state index in [1.807, 2.05) is 13.8 Å². The highest BCUT2D eigenvalue weighted by atomic mass is 32.1. The summed E-state index contributed by atoms with van der Waals surface area (Å²) >= 11 is 1.26. The summed E-state index contributed by atoms with van der Waals surface area (Å²) in [5, 5.41) is 12.5. The van der Waals surface area contributed by atoms with Crippen LogP contribution in [0.2, 0.25) is 0 Å². The third-order valence-corrected chi connectivity index (χ3v) is 4.36. The molecule has 0 radical (unpaired) electrons. The molecule has 2 atom stereocenters. The number of carbonyl (C=O) groups is 1. The topological polar surface area (TPSA) is 91.4 Å². The van der Waals surface area contributed by atoms with Crippen LogP contribution in [-0.4, -0.2) is 38.3 Å². The second-order valence-corrected chi connectivity index (χ2v) is 5.88. The molecule has 1 aliphatic rings. The van der Waals surface area contributed by atoms with E-state index in [2.05, 4.69) is 16.3 Å². The molecule has 1 amide bonds. The van der Waals surface area contributed by atoms with Crippen LogP contribution in [0.15, 0.2) is 0 Å². The first-order valence-electron chi connectivity index (χ1n) is 6.42. The molecule has 2 rings (SSSR count). The number of nitrogen functional groups attached to an aromatic ring is 1. The van der Waals surface area contributed by atoms with Crippen molar-refractivity contribution >= 4 is 27.9 Å². The third kappa shape index (κ3) is 2.57. The van der Waals surface area contributed by atoms with Gasteiger partial charge in [-0.05, 0) is 13.8 Å². The molecule has 1 aromatic heterocycles. The highest BCUT2D eigenvalue weighted by molar-refractivity contribution is 7.17. The first kappa shape index (κ1) is 14.6. The van der Waals surface area contributed by atoms with Crippen molar-refractivity contribution in [3.05, 3.63) is 10.4 Å². The summed E-state index contributed by atoms with van der Waals surface area (Å²) in [5.41, 5.74) is 6.60. The number of anilines is 2. The summed E-state index contributed by atoms with van der Waals surface area (Å²) in [5.74, 6) is -0.262. The predicted octanol–water partition coefficient (Wildman–Crippen LogP) is 1.18. The Hall–Kier alpha value is -1.78. The van der Waals surface area contributed by atoms with Gasteiger partial charge in [-0.1, -0.05) is 0 Å². The van der Waals surface area contributed by atoms with Crippen LogP contribution in [-0.2, 0) is 4.74 Å². The average Bonchev–Trinajstić information content (AvgIpc) is 2.73. The van der Waals surface area contributed by atoms with Crippen molar-refractivity contribution < 1.29 is 9.53 Å². The van der Waals surface area contributed by atoms with Gasteiger partial charge in [0.1, 0.15) is 15.9 Å². The molecule has 0 aromatic carbocycles. The van der Waals surface area contributed by atoms with Gasteiger partial charge in [0, 0.05) is 20.1 Å². The molecule has 7 heteroatoms. The molecule has 6 nitrogen and oxygen atoms in total. The van der Waals surface area contributed by atoms with Crippen molar-refractivity contribution in [3.63, 3.8) is 0 Å². The largest absolute Gasteiger partial charge is 0.396 e. The van der Waals surface area contributed by atoms with Crippen LogP contribution in [0, 0.1) is 11.3 Å². The summed E-state index contributed by atoms with van der Waals surface area (Å²) in [7, 11) is 1.56. The molecule has 0 spiro atoms. The molecule has 0 saturated carbocycles. The summed E-state index contributed by atoms with van der Waals surface area (Å²) in [4.78, 5) is 14.5. The predicted molar refractivity (Wildman–Crippen MR) is 79.1 cm³/mol. The minimum Gasteiger partial charge on any atom is -0.396 e. The van der Waals surface area contributed by atoms with Gasteiger partial charge in [-0.25, -0.2) is 0 Å². The Balaban J connectivity index is 2.45. The summed E-state index contributed by atoms with van der Waals surface area (Å²) in [6, 6.07) is 2.05. The Bertz CT molecular complexity index is 553. The van der Waals surface area contributed by atoms with Gasteiger partial charge in [0.15, 0.2) is 0 Å². The number of nitrogens with two attached hydrogens (primary N) is 1. The number of morpholine rings is 1. The number of nitriles is 1. The van der Waals surface area contributed by atoms with E-state index in [1.54, 1.807) is 7.05 Å². The van der Waals surface area contributed by atoms with E-state index in [0.29, 0.717) is 23.5 Å². The Morgan fingerprint density at radius 2 is 2.10 bits per heavy atom. The van der Waals surface area contributed by atoms with Gasteiger partial charge < -0.3 is 20.7 Å². The summed E-state index contributed by atoms with van der Waals surface area (Å²) < 4.78 is 5.69. The van der Waals surface area contributed by atoms with Crippen LogP contribution in [0.4, 0.5) is 10.7 Å². The first-order valence-corrected chi connectivity index (χ1v) is 7.24. The Kier molecular flexibility index (Phi) is 4.16. The van der Waals surface area contributed by atoms with Gasteiger partial charge in [0.05, 0.1) is 23.5 Å². The fourth-order valence-corrected chi connectivity index (χ4v) is 3.46. The highest BCUT2D eigenvalue weighted by Gasteiger charge is 2.29. The maximum atomic E-state index is 12.0. The molecule has 20 heavy (non-hydrogen) atoms. The Labute approximate surface area is 122 Å². The quantitative estimate of drug-likeness (QED) is 0.854. The molecule has 0 bridgehead atoms. The minimum atomic E-state index is -0.262. The minimum absolute atomic E-state index is 0.0742. The van der Waals surface area contributed by atoms with Crippen molar-refractivity contribution in [3.8, 4) is 6.07 Å². The molecular formula is C13H18N4O2S. The number of nitrogens with zero attached hydrogens (tertiary/aromatic N) is 2. The van der Waals surface area contributed by atoms with Gasteiger partial charge in [-0.3, -0.25) is 4.79 Å². The molecule has 1 fully saturated rings. The first-order chi connectivity index (χ1) is 9.47. The second kappa shape index (κ2) is 5.69. The van der Waals surface area contributed by atoms with Gasteiger partial charge in [0.2, 0.25) is 0 Å². The van der Waals surface area contributed by atoms with E-state index < -0.39 is 0 Å². The lowest BCUT2D eigenvalue weighted by Crippen LogP contribution is -2.45. The lowest BCUT2D eigenvalue weighted by Gasteiger charge is -2.36. The summed E-state index contributed by atoms with van der Waals surface area (Å²) in [6.45, 7) is 5.34. The average molecular weight is 294 g/mol. The van der Waals surface area contributed by atoms with Crippen molar-refractivity contribution in [2.45, 2.75) is 26.1 Å². The van der Waals surface area contributed by atoms with Crippen molar-refractivity contribution in [1.29, 1.82) is 5.26 Å². The van der Waals surface area contributed by atoms with E-state index in [4.69, 9.17) is 15.7 Å². The fourth-order valence-electron chi connectivity index (χ4n) is 2.43. The lowest BCUT2D eigenvalue weighted by molar-refractivity contribution is -0.00505. The van der Waals surface area contributed by atoms with Crippen molar-refractivity contribution in [1.82, 2.24) is 5.32 Å². The van der Waals surface area contributed by atoms with Gasteiger partial charge in [-0.2, -0.15) is 5.26 Å². The van der Waals surface area contributed by atoms with E-state index in [-0.39, 0.29) is 23.8 Å². The molecule has 0 aliphatic carbocycles. The molecular weight excluding hydrogens is 276 g/mol. The van der Waals surface area contributed by atoms with Gasteiger partial charge >= 0.3 is 0 Å². The van der Waals surface area contributed by atoms with Crippen LogP contribution in [0.25, 0.3) is 0 Å². The SMILES string of the molecule is CNC(=O)c1c(N2C[C@@H](C)O[C@@H](C)C2)sc(C#N)c1N. The van der Waals surface area contributed by atoms with E-state index in [9.17, 15) is 4.79 Å². The number of amides is 1. The number of thiophene rings is 1. The number of hydrogen-bond donors (Lipinski definition) is 2. The zero-order chi connectivity index (χ0) is 14.9. The van der Waals surface area contributed by atoms with Crippen molar-refractivity contribution in [2.75, 3.05) is 30.8 Å². The Morgan fingerprint density at radius 1 is 1.50 bits per heavy atom. The molecule has 1 aliphatic heterocycles. The van der Waals surface area contributed by atoms with Gasteiger partial charge in [0.25, 0.3) is 5.91 Å². The van der Waals surface area contributed by atoms with E-state index in [1.165, 1.54) is 11.3 Å². The number of hydrogen-bond acceptors (Lipinski definition) is 6. The monoisotopic (exact) mass is 294 g/mol. The Morgan fingerprint density at radius 3 is 2.60 bits per heavy atom. The van der Waals surface area contributed by atoms with Crippen LogP contribution in [0.5, 0.6) is 0 Å². The number of nitrogens with one attached hydrogen (secondary N) is 1. The molecule has 0 unspecified atom stereocenters. The van der Waals surface area contributed by atoms with Crippen LogP contribution >= 0.6 is 11.3 Å². The zero-order valence-electron chi connectivity index (χ0n) is 11.8. The lowest BCUT2D eigenvalue weighted by atomic mass is 10.2. The maximum absolute atomic E-state index is 12.0. The maximum Gasteiger partial charge on any atom is 0.256 e. The molecule has 2 heterocycles. The summed E-state index contributed by atoms with van der Waals surface area (Å²) in [6.07, 6.45) is 0.148. The van der Waals surface area contributed by atoms with Crippen LogP contribution in [0.3, 0.4) is 0 Å². The second-order valence-electron chi connectivity index (χ2n) is 4.88. The standard InChI is InChI=1S/C13H18N4O2S/c1-7-5-17(6-8(2)19-7)13-10(12(18)16-3)11(15)9(4-14)20-13/h7-8H,5-6,15H2,1-3H3,(H,16,18)/t7-,8+. The highest BCUT2D eigenvalue weighted by Crippen LogP contribution is 2.38. The molecule has 1 saturated heterocycles. The van der Waals surface area contributed by atoms with E-state index in [0.717, 1.165) is 5.00 Å². The van der Waals surface area contributed by atoms with Crippen LogP contribution < -0.4 is 16.0 Å². The fraction of sp³-hybridized carbons (Fsp3) is 0.538. The molecule has 3 N–H and O–H groups in total. The third-order valence-electron chi connectivity index (χ3n) is 3.19. The van der Waals surface area contributed by atoms with Gasteiger partial charge in [-0.15, -0.1) is 11.3 Å². The number of rotatable bonds is 2. The van der Waals surface area contributed by atoms with Crippen molar-refractivity contribution in [2.24, 2.45) is 0 Å². The number of ether oxygens (including phenoxy) is 1. The normalized spacial score (nSPS) is 22.4. The van der Waals surface area contributed by atoms with Crippen LogP contribution in [0.1, 0.15) is 29.1 Å².